The molecule has 0 heterocycles. The molecule has 0 aromatic carbocycles. The molecule has 1 aliphatic rings. The Morgan fingerprint density at radius 1 is 1.27 bits per heavy atom. The zero-order valence-electron chi connectivity index (χ0n) is 10.0. The van der Waals surface area contributed by atoms with Crippen molar-refractivity contribution < 1.29 is 4.79 Å². The number of ketones is 1. The Morgan fingerprint density at radius 3 is 2.53 bits per heavy atom. The zero-order chi connectivity index (χ0) is 11.1. The lowest BCUT2D eigenvalue weighted by molar-refractivity contribution is -0.119. The number of unbranched alkanes of at least 4 members (excludes halogenated alkanes) is 4. The number of Topliss-reactive ketones (excluding diaryl/α,β-unsaturated/α-hetero) is 1. The number of carbonyl (C=O) groups excluding carboxylic acids is 1. The fourth-order valence-corrected chi connectivity index (χ4v) is 1.98. The van der Waals surface area contributed by atoms with Crippen molar-refractivity contribution in [1.29, 1.82) is 0 Å². The molecule has 0 saturated heterocycles. The highest BCUT2D eigenvalue weighted by molar-refractivity contribution is 5.79. The maximum absolute atomic E-state index is 11.5. The molecule has 1 saturated carbocycles. The molecule has 1 unspecified atom stereocenters. The summed E-state index contributed by atoms with van der Waals surface area (Å²) < 4.78 is 0. The lowest BCUT2D eigenvalue weighted by Gasteiger charge is -2.08. The van der Waals surface area contributed by atoms with E-state index in [1.807, 2.05) is 0 Å². The lowest BCUT2D eigenvalue weighted by Crippen LogP contribution is -2.25. The number of hydrogen-bond donors (Lipinski definition) is 1. The molecule has 0 amide bonds. The summed E-state index contributed by atoms with van der Waals surface area (Å²) in [7, 11) is 0. The van der Waals surface area contributed by atoms with Crippen LogP contribution in [0.15, 0.2) is 0 Å². The van der Waals surface area contributed by atoms with Gasteiger partial charge < -0.3 is 5.73 Å². The first-order valence-corrected chi connectivity index (χ1v) is 6.51. The Hall–Kier alpha value is -0.370. The van der Waals surface area contributed by atoms with Crippen LogP contribution in [-0.2, 0) is 4.79 Å². The van der Waals surface area contributed by atoms with E-state index in [9.17, 15) is 4.79 Å². The zero-order valence-corrected chi connectivity index (χ0v) is 10.0. The van der Waals surface area contributed by atoms with E-state index in [0.29, 0.717) is 18.1 Å². The van der Waals surface area contributed by atoms with E-state index in [1.54, 1.807) is 0 Å². The Morgan fingerprint density at radius 2 is 1.93 bits per heavy atom. The van der Waals surface area contributed by atoms with Crippen molar-refractivity contribution in [1.82, 2.24) is 0 Å². The fourth-order valence-electron chi connectivity index (χ4n) is 1.98. The van der Waals surface area contributed by atoms with Crippen LogP contribution in [0.2, 0.25) is 0 Å². The first kappa shape index (κ1) is 12.7. The Kier molecular flexibility index (Phi) is 5.92. The number of carbonyl (C=O) groups is 1. The second kappa shape index (κ2) is 7.00. The van der Waals surface area contributed by atoms with Crippen molar-refractivity contribution in [3.05, 3.63) is 0 Å². The maximum atomic E-state index is 11.5. The van der Waals surface area contributed by atoms with E-state index in [2.05, 4.69) is 6.92 Å². The monoisotopic (exact) mass is 211 g/mol. The SMILES string of the molecule is CCCCCCCC(=O)CC(N)C1CC1. The van der Waals surface area contributed by atoms with Gasteiger partial charge in [-0.1, -0.05) is 32.6 Å². The molecule has 0 radical (unpaired) electrons. The van der Waals surface area contributed by atoms with Gasteiger partial charge in [-0.05, 0) is 25.2 Å². The largest absolute Gasteiger partial charge is 0.327 e. The molecule has 0 bridgehead atoms. The van der Waals surface area contributed by atoms with Crippen molar-refractivity contribution in [2.75, 3.05) is 0 Å². The first-order chi connectivity index (χ1) is 7.24. The molecular formula is C13H25NO. The van der Waals surface area contributed by atoms with Crippen LogP contribution in [-0.4, -0.2) is 11.8 Å². The Bertz CT molecular complexity index is 187. The summed E-state index contributed by atoms with van der Waals surface area (Å²) in [5, 5.41) is 0. The van der Waals surface area contributed by atoms with Crippen LogP contribution in [0.25, 0.3) is 0 Å². The van der Waals surface area contributed by atoms with Gasteiger partial charge in [-0.2, -0.15) is 0 Å². The van der Waals surface area contributed by atoms with Crippen molar-refractivity contribution in [2.45, 2.75) is 70.8 Å². The number of rotatable bonds is 9. The van der Waals surface area contributed by atoms with Crippen LogP contribution in [0.5, 0.6) is 0 Å². The molecule has 88 valence electrons. The van der Waals surface area contributed by atoms with E-state index >= 15 is 0 Å². The van der Waals surface area contributed by atoms with E-state index in [-0.39, 0.29) is 6.04 Å². The molecular weight excluding hydrogens is 186 g/mol. The van der Waals surface area contributed by atoms with Crippen molar-refractivity contribution >= 4 is 5.78 Å². The van der Waals surface area contributed by atoms with Gasteiger partial charge in [-0.3, -0.25) is 4.79 Å². The minimum Gasteiger partial charge on any atom is -0.327 e. The van der Waals surface area contributed by atoms with Crippen LogP contribution in [0.3, 0.4) is 0 Å². The molecule has 1 atom stereocenters. The predicted molar refractivity (Wildman–Crippen MR) is 63.7 cm³/mol. The maximum Gasteiger partial charge on any atom is 0.134 e. The highest BCUT2D eigenvalue weighted by atomic mass is 16.1. The van der Waals surface area contributed by atoms with E-state index in [1.165, 1.54) is 38.5 Å². The fraction of sp³-hybridized carbons (Fsp3) is 0.923. The van der Waals surface area contributed by atoms with Crippen LogP contribution < -0.4 is 5.73 Å². The van der Waals surface area contributed by atoms with E-state index < -0.39 is 0 Å². The summed E-state index contributed by atoms with van der Waals surface area (Å²) >= 11 is 0. The Balaban J connectivity index is 1.93. The average molecular weight is 211 g/mol. The van der Waals surface area contributed by atoms with Crippen LogP contribution in [0.4, 0.5) is 0 Å². The predicted octanol–water partition coefficient (Wildman–Crippen LogP) is 3.04. The van der Waals surface area contributed by atoms with Gasteiger partial charge in [-0.15, -0.1) is 0 Å². The number of hydrogen-bond acceptors (Lipinski definition) is 2. The Labute approximate surface area is 93.6 Å². The van der Waals surface area contributed by atoms with E-state index in [4.69, 9.17) is 5.73 Å². The molecule has 1 fully saturated rings. The molecule has 2 heteroatoms. The van der Waals surface area contributed by atoms with Crippen LogP contribution in [0.1, 0.15) is 64.7 Å². The third-order valence-corrected chi connectivity index (χ3v) is 3.25. The lowest BCUT2D eigenvalue weighted by atomic mass is 10.0. The third-order valence-electron chi connectivity index (χ3n) is 3.25. The van der Waals surface area contributed by atoms with Gasteiger partial charge in [0.1, 0.15) is 5.78 Å². The van der Waals surface area contributed by atoms with Crippen molar-refractivity contribution in [3.63, 3.8) is 0 Å². The van der Waals surface area contributed by atoms with Crippen LogP contribution in [0, 0.1) is 5.92 Å². The molecule has 2 N–H and O–H groups in total. The molecule has 15 heavy (non-hydrogen) atoms. The van der Waals surface area contributed by atoms with Crippen LogP contribution >= 0.6 is 0 Å². The molecule has 1 rings (SSSR count). The molecule has 0 aliphatic heterocycles. The van der Waals surface area contributed by atoms with Crippen molar-refractivity contribution in [3.8, 4) is 0 Å². The smallest absolute Gasteiger partial charge is 0.134 e. The second-order valence-corrected chi connectivity index (χ2v) is 4.91. The topological polar surface area (TPSA) is 43.1 Å². The molecule has 0 aromatic heterocycles. The second-order valence-electron chi connectivity index (χ2n) is 4.91. The third kappa shape index (κ3) is 5.93. The summed E-state index contributed by atoms with van der Waals surface area (Å²) in [6, 6.07) is 0.160. The van der Waals surface area contributed by atoms with Gasteiger partial charge in [0, 0.05) is 18.9 Å². The van der Waals surface area contributed by atoms with Gasteiger partial charge in [0.05, 0.1) is 0 Å². The normalized spacial score (nSPS) is 17.7. The summed E-state index contributed by atoms with van der Waals surface area (Å²) in [5.41, 5.74) is 5.91. The van der Waals surface area contributed by atoms with Crippen molar-refractivity contribution in [2.24, 2.45) is 11.7 Å². The molecule has 1 aliphatic carbocycles. The first-order valence-electron chi connectivity index (χ1n) is 6.51. The standard InChI is InChI=1S/C13H25NO/c1-2-3-4-5-6-7-12(15)10-13(14)11-8-9-11/h11,13H,2-10,14H2,1H3. The van der Waals surface area contributed by atoms with Gasteiger partial charge in [-0.25, -0.2) is 0 Å². The van der Waals surface area contributed by atoms with E-state index in [0.717, 1.165) is 12.8 Å². The minimum atomic E-state index is 0.160. The highest BCUT2D eigenvalue weighted by Crippen LogP contribution is 2.33. The van der Waals surface area contributed by atoms with Gasteiger partial charge >= 0.3 is 0 Å². The summed E-state index contributed by atoms with van der Waals surface area (Å²) in [6.45, 7) is 2.21. The summed E-state index contributed by atoms with van der Waals surface area (Å²) in [5.74, 6) is 1.04. The molecule has 2 nitrogen and oxygen atoms in total. The summed E-state index contributed by atoms with van der Waals surface area (Å²) in [6.07, 6.45) is 9.97. The molecule has 0 aromatic rings. The summed E-state index contributed by atoms with van der Waals surface area (Å²) in [4.78, 5) is 11.5. The molecule has 0 spiro atoms. The van der Waals surface area contributed by atoms with Gasteiger partial charge in [0.15, 0.2) is 0 Å². The van der Waals surface area contributed by atoms with Gasteiger partial charge in [0.25, 0.3) is 0 Å². The number of nitrogens with two attached hydrogens (primary N) is 1. The quantitative estimate of drug-likeness (QED) is 0.596. The highest BCUT2D eigenvalue weighted by Gasteiger charge is 2.29. The average Bonchev–Trinajstić information content (AvgIpc) is 3.00. The van der Waals surface area contributed by atoms with Gasteiger partial charge in [0.2, 0.25) is 0 Å². The minimum absolute atomic E-state index is 0.160.